The van der Waals surface area contributed by atoms with Crippen molar-refractivity contribution < 1.29 is 4.74 Å². The quantitative estimate of drug-likeness (QED) is 0.834. The molecule has 2 aliphatic carbocycles. The van der Waals surface area contributed by atoms with E-state index in [4.69, 9.17) is 4.74 Å². The second-order valence-corrected chi connectivity index (χ2v) is 6.14. The Balaban J connectivity index is 1.81. The maximum Gasteiger partial charge on any atom is 0.0586 e. The fourth-order valence-electron chi connectivity index (χ4n) is 3.77. The highest BCUT2D eigenvalue weighted by Crippen LogP contribution is 2.29. The summed E-state index contributed by atoms with van der Waals surface area (Å²) in [6.45, 7) is 0. The molecule has 1 N–H and O–H groups in total. The SMILES string of the molecule is CNC1CCC(N(C)C2CCCC(OC)C2)CC1. The molecule has 0 aromatic carbocycles. The van der Waals surface area contributed by atoms with E-state index >= 15 is 0 Å². The molecule has 0 saturated heterocycles. The predicted octanol–water partition coefficient (Wildman–Crippen LogP) is 2.41. The fourth-order valence-corrected chi connectivity index (χ4v) is 3.77. The molecule has 0 aliphatic heterocycles. The van der Waals surface area contributed by atoms with Crippen molar-refractivity contribution in [2.24, 2.45) is 0 Å². The molecule has 2 aliphatic rings. The lowest BCUT2D eigenvalue weighted by Gasteiger charge is -2.42. The third-order valence-electron chi connectivity index (χ3n) is 5.19. The number of rotatable bonds is 4. The van der Waals surface area contributed by atoms with Gasteiger partial charge in [-0.05, 0) is 65.5 Å². The molecule has 0 heterocycles. The van der Waals surface area contributed by atoms with E-state index in [0.29, 0.717) is 6.10 Å². The van der Waals surface area contributed by atoms with Crippen molar-refractivity contribution in [3.63, 3.8) is 0 Å². The molecule has 106 valence electrons. The van der Waals surface area contributed by atoms with Crippen LogP contribution in [0.2, 0.25) is 0 Å². The first-order valence-electron chi connectivity index (χ1n) is 7.66. The van der Waals surface area contributed by atoms with Crippen LogP contribution in [0.4, 0.5) is 0 Å². The molecular weight excluding hydrogens is 224 g/mol. The van der Waals surface area contributed by atoms with Crippen molar-refractivity contribution in [1.82, 2.24) is 10.2 Å². The predicted molar refractivity (Wildman–Crippen MR) is 75.9 cm³/mol. The second-order valence-electron chi connectivity index (χ2n) is 6.14. The maximum absolute atomic E-state index is 5.56. The molecule has 2 saturated carbocycles. The van der Waals surface area contributed by atoms with Crippen molar-refractivity contribution in [1.29, 1.82) is 0 Å². The summed E-state index contributed by atoms with van der Waals surface area (Å²) in [6, 6.07) is 2.31. The number of nitrogens with one attached hydrogen (secondary N) is 1. The number of nitrogens with zero attached hydrogens (tertiary/aromatic N) is 1. The monoisotopic (exact) mass is 254 g/mol. The van der Waals surface area contributed by atoms with Gasteiger partial charge in [0.1, 0.15) is 0 Å². The lowest BCUT2D eigenvalue weighted by Crippen LogP contribution is -2.46. The summed E-state index contributed by atoms with van der Waals surface area (Å²) in [7, 11) is 6.30. The van der Waals surface area contributed by atoms with E-state index in [1.54, 1.807) is 0 Å². The standard InChI is InChI=1S/C15H30N2O/c1-16-12-7-9-13(10-8-12)17(2)14-5-4-6-15(11-14)18-3/h12-16H,4-11H2,1-3H3. The van der Waals surface area contributed by atoms with Crippen LogP contribution in [-0.4, -0.2) is 50.3 Å². The Bertz CT molecular complexity index is 239. The molecule has 3 nitrogen and oxygen atoms in total. The van der Waals surface area contributed by atoms with E-state index in [-0.39, 0.29) is 0 Å². The van der Waals surface area contributed by atoms with Gasteiger partial charge in [-0.3, -0.25) is 0 Å². The molecule has 0 aromatic rings. The normalized spacial score (nSPS) is 38.0. The van der Waals surface area contributed by atoms with E-state index in [9.17, 15) is 0 Å². The average molecular weight is 254 g/mol. The highest BCUT2D eigenvalue weighted by Gasteiger charge is 2.30. The zero-order valence-electron chi connectivity index (χ0n) is 12.3. The van der Waals surface area contributed by atoms with Gasteiger partial charge < -0.3 is 15.0 Å². The second kappa shape index (κ2) is 6.88. The summed E-state index contributed by atoms with van der Waals surface area (Å²) in [5, 5.41) is 3.42. The van der Waals surface area contributed by atoms with Crippen LogP contribution in [0.3, 0.4) is 0 Å². The van der Waals surface area contributed by atoms with E-state index in [2.05, 4.69) is 24.3 Å². The zero-order valence-corrected chi connectivity index (χ0v) is 12.3. The van der Waals surface area contributed by atoms with Gasteiger partial charge in [0.25, 0.3) is 0 Å². The van der Waals surface area contributed by atoms with E-state index in [1.165, 1.54) is 51.4 Å². The van der Waals surface area contributed by atoms with Crippen LogP contribution in [0.1, 0.15) is 51.4 Å². The molecule has 2 rings (SSSR count). The average Bonchev–Trinajstić information content (AvgIpc) is 2.46. The minimum Gasteiger partial charge on any atom is -0.381 e. The highest BCUT2D eigenvalue weighted by molar-refractivity contribution is 4.87. The summed E-state index contributed by atoms with van der Waals surface area (Å²) >= 11 is 0. The van der Waals surface area contributed by atoms with E-state index in [1.807, 2.05) is 7.11 Å². The molecule has 0 bridgehead atoms. The van der Waals surface area contributed by atoms with Crippen LogP contribution in [0.15, 0.2) is 0 Å². The zero-order chi connectivity index (χ0) is 13.0. The Labute approximate surface area is 112 Å². The Hall–Kier alpha value is -0.120. The first-order chi connectivity index (χ1) is 8.74. The lowest BCUT2D eigenvalue weighted by atomic mass is 9.86. The first kappa shape index (κ1) is 14.3. The van der Waals surface area contributed by atoms with Crippen LogP contribution >= 0.6 is 0 Å². The van der Waals surface area contributed by atoms with Crippen molar-refractivity contribution in [2.45, 2.75) is 75.6 Å². The van der Waals surface area contributed by atoms with Crippen LogP contribution in [-0.2, 0) is 4.74 Å². The molecule has 0 radical (unpaired) electrons. The van der Waals surface area contributed by atoms with Crippen molar-refractivity contribution >= 4 is 0 Å². The first-order valence-corrected chi connectivity index (χ1v) is 7.66. The summed E-state index contributed by atoms with van der Waals surface area (Å²) in [6.07, 6.45) is 11.1. The fraction of sp³-hybridized carbons (Fsp3) is 1.00. The van der Waals surface area contributed by atoms with Crippen LogP contribution in [0.25, 0.3) is 0 Å². The molecule has 0 aromatic heterocycles. The third-order valence-corrected chi connectivity index (χ3v) is 5.19. The van der Waals surface area contributed by atoms with Gasteiger partial charge in [0.2, 0.25) is 0 Å². The lowest BCUT2D eigenvalue weighted by molar-refractivity contribution is 0.0172. The summed E-state index contributed by atoms with van der Waals surface area (Å²) in [4.78, 5) is 2.66. The largest absolute Gasteiger partial charge is 0.381 e. The van der Waals surface area contributed by atoms with Crippen molar-refractivity contribution in [3.8, 4) is 0 Å². The molecule has 2 atom stereocenters. The van der Waals surface area contributed by atoms with Gasteiger partial charge in [-0.25, -0.2) is 0 Å². The Kier molecular flexibility index (Phi) is 5.46. The third kappa shape index (κ3) is 3.46. The summed E-state index contributed by atoms with van der Waals surface area (Å²) in [5.41, 5.74) is 0. The number of methoxy groups -OCH3 is 1. The summed E-state index contributed by atoms with van der Waals surface area (Å²) < 4.78 is 5.56. The van der Waals surface area contributed by atoms with Crippen molar-refractivity contribution in [3.05, 3.63) is 0 Å². The maximum atomic E-state index is 5.56. The smallest absolute Gasteiger partial charge is 0.0586 e. The molecule has 18 heavy (non-hydrogen) atoms. The van der Waals surface area contributed by atoms with Crippen molar-refractivity contribution in [2.75, 3.05) is 21.2 Å². The van der Waals surface area contributed by atoms with Crippen LogP contribution in [0, 0.1) is 0 Å². The number of hydrogen-bond donors (Lipinski definition) is 1. The minimum absolute atomic E-state index is 0.500. The van der Waals surface area contributed by atoms with Crippen LogP contribution in [0.5, 0.6) is 0 Å². The van der Waals surface area contributed by atoms with Gasteiger partial charge in [-0.1, -0.05) is 0 Å². The Morgan fingerprint density at radius 3 is 2.33 bits per heavy atom. The Morgan fingerprint density at radius 1 is 1.00 bits per heavy atom. The summed E-state index contributed by atoms with van der Waals surface area (Å²) in [5.74, 6) is 0. The van der Waals surface area contributed by atoms with Gasteiger partial charge in [-0.2, -0.15) is 0 Å². The van der Waals surface area contributed by atoms with E-state index in [0.717, 1.165) is 18.1 Å². The molecule has 2 unspecified atom stereocenters. The van der Waals surface area contributed by atoms with Gasteiger partial charge in [0.05, 0.1) is 6.10 Å². The number of hydrogen-bond acceptors (Lipinski definition) is 3. The highest BCUT2D eigenvalue weighted by atomic mass is 16.5. The minimum atomic E-state index is 0.500. The molecule has 3 heteroatoms. The van der Waals surface area contributed by atoms with Gasteiger partial charge in [-0.15, -0.1) is 0 Å². The topological polar surface area (TPSA) is 24.5 Å². The molecule has 0 spiro atoms. The van der Waals surface area contributed by atoms with Gasteiger partial charge in [0, 0.05) is 25.2 Å². The number of ether oxygens (including phenoxy) is 1. The molecule has 0 amide bonds. The molecular formula is C15H30N2O. The van der Waals surface area contributed by atoms with Gasteiger partial charge in [0.15, 0.2) is 0 Å². The molecule has 2 fully saturated rings. The van der Waals surface area contributed by atoms with E-state index < -0.39 is 0 Å². The van der Waals surface area contributed by atoms with Crippen LogP contribution < -0.4 is 5.32 Å². The Morgan fingerprint density at radius 2 is 1.72 bits per heavy atom. The van der Waals surface area contributed by atoms with Gasteiger partial charge >= 0.3 is 0 Å².